The molecule has 0 aliphatic carbocycles. The van der Waals surface area contributed by atoms with Crippen molar-refractivity contribution in [3.63, 3.8) is 0 Å². The van der Waals surface area contributed by atoms with Crippen molar-refractivity contribution < 1.29 is 26.3 Å². The number of rotatable bonds is 6. The highest BCUT2D eigenvalue weighted by Crippen LogP contribution is 2.55. The van der Waals surface area contributed by atoms with Crippen LogP contribution in [0.25, 0.3) is 77.3 Å². The first-order chi connectivity index (χ1) is 34.8. The van der Waals surface area contributed by atoms with Crippen molar-refractivity contribution in [1.82, 2.24) is 19.9 Å². The molecule has 12 rings (SSSR count). The number of aromatic nitrogens is 4. The molecule has 0 saturated carbocycles. The number of fused-ring (bicyclic) bond motifs is 5. The molecule has 0 radical (unpaired) electrons. The first-order valence-electron chi connectivity index (χ1n) is 23.1. The predicted molar refractivity (Wildman–Crippen MR) is 274 cm³/mol. The van der Waals surface area contributed by atoms with Gasteiger partial charge in [0, 0.05) is 21.9 Å². The lowest BCUT2D eigenvalue weighted by Gasteiger charge is -2.38. The van der Waals surface area contributed by atoms with Crippen molar-refractivity contribution in [2.45, 2.75) is 26.2 Å². The smallest absolute Gasteiger partial charge is 0.272 e. The van der Waals surface area contributed by atoms with E-state index in [1.807, 2.05) is 157 Å². The molecule has 0 atom stereocenters. The molecule has 9 aromatic carbocycles. The first kappa shape index (κ1) is 44.3. The molecular formula is C60H38F6N6. The Morgan fingerprint density at radius 3 is 1.06 bits per heavy atom. The van der Waals surface area contributed by atoms with Gasteiger partial charge in [0.1, 0.15) is 0 Å². The fourth-order valence-corrected chi connectivity index (χ4v) is 9.55. The highest BCUT2D eigenvalue weighted by atomic mass is 19.4. The molecule has 0 spiro atoms. The lowest BCUT2D eigenvalue weighted by atomic mass is 9.92. The second kappa shape index (κ2) is 16.9. The van der Waals surface area contributed by atoms with Crippen molar-refractivity contribution in [2.24, 2.45) is 0 Å². The quantitative estimate of drug-likeness (QED) is 0.155. The molecular weight excluding hydrogens is 919 g/mol. The summed E-state index contributed by atoms with van der Waals surface area (Å²) in [4.78, 5) is 26.3. The van der Waals surface area contributed by atoms with Gasteiger partial charge in [-0.3, -0.25) is 9.80 Å². The van der Waals surface area contributed by atoms with Crippen LogP contribution in [0, 0.1) is 13.8 Å². The summed E-state index contributed by atoms with van der Waals surface area (Å²) in [5.41, 5.74) is 7.28. The fourth-order valence-electron chi connectivity index (χ4n) is 9.55. The van der Waals surface area contributed by atoms with Crippen LogP contribution in [0.3, 0.4) is 0 Å². The predicted octanol–water partition coefficient (Wildman–Crippen LogP) is 17.3. The van der Waals surface area contributed by atoms with Crippen LogP contribution in [0.2, 0.25) is 0 Å². The van der Waals surface area contributed by atoms with Gasteiger partial charge < -0.3 is 0 Å². The topological polar surface area (TPSA) is 58.0 Å². The van der Waals surface area contributed by atoms with E-state index in [1.54, 1.807) is 12.1 Å². The summed E-state index contributed by atoms with van der Waals surface area (Å²) in [5.74, 6) is 1.67. The number of hydrogen-bond donors (Lipinski definition) is 0. The van der Waals surface area contributed by atoms with Crippen LogP contribution in [0.4, 0.5) is 61.0 Å². The van der Waals surface area contributed by atoms with E-state index in [0.29, 0.717) is 67.9 Å². The lowest BCUT2D eigenvalue weighted by Crippen LogP contribution is -2.28. The van der Waals surface area contributed by atoms with Crippen molar-refractivity contribution >= 4 is 67.2 Å². The first-order valence-corrected chi connectivity index (χ1v) is 23.1. The summed E-state index contributed by atoms with van der Waals surface area (Å²) in [6.45, 7) is 4.06. The van der Waals surface area contributed by atoms with Crippen LogP contribution >= 0.6 is 0 Å². The monoisotopic (exact) mass is 956 g/mol. The number of hydrogen-bond acceptors (Lipinski definition) is 6. The molecule has 0 fully saturated rings. The van der Waals surface area contributed by atoms with Crippen LogP contribution in [0.15, 0.2) is 194 Å². The van der Waals surface area contributed by atoms with Crippen LogP contribution < -0.4 is 9.80 Å². The van der Waals surface area contributed by atoms with Gasteiger partial charge in [-0.05, 0) is 95.4 Å². The standard InChI is InChI=1S/C60H38F6N6/c1-35-17-21-41(22-18-35)53-54(42-23-19-36(2)20-24-42)70-58-57(69-53)71(51-15-7-11-37-9-3-5-13-45(37)51)55-56(72(58)52-16-8-12-38-10-4-6-14-46(38)52)68-50-34-48(40-27-31-44(32-28-40)60(64,65)66)47(33-49(50)67-55)39-25-29-43(30-26-39)59(61,62)63/h3-34H,1-2H3. The zero-order valence-electron chi connectivity index (χ0n) is 38.4. The highest BCUT2D eigenvalue weighted by Gasteiger charge is 2.39. The molecule has 0 unspecified atom stereocenters. The number of nitrogens with zero attached hydrogens (tertiary/aromatic N) is 6. The third kappa shape index (κ3) is 7.72. The minimum atomic E-state index is -4.59. The van der Waals surface area contributed by atoms with Crippen LogP contribution in [0.5, 0.6) is 0 Å². The molecule has 12 heteroatoms. The Morgan fingerprint density at radius 1 is 0.347 bits per heavy atom. The lowest BCUT2D eigenvalue weighted by molar-refractivity contribution is -0.138. The van der Waals surface area contributed by atoms with Gasteiger partial charge in [-0.1, -0.05) is 157 Å². The summed E-state index contributed by atoms with van der Waals surface area (Å²) in [5, 5.41) is 3.69. The minimum Gasteiger partial charge on any atom is -0.272 e. The van der Waals surface area contributed by atoms with Crippen LogP contribution in [0.1, 0.15) is 22.3 Å². The van der Waals surface area contributed by atoms with E-state index in [0.717, 1.165) is 79.4 Å². The summed E-state index contributed by atoms with van der Waals surface area (Å²) in [7, 11) is 0. The Hall–Kier alpha value is -8.90. The SMILES string of the molecule is Cc1ccc(-c2nc3c(nc2-c2ccc(C)cc2)N(c2cccc4ccccc24)c2nc4cc(-c5ccc(C(F)(F)F)cc5)c(-c5ccc(C(F)(F)F)cc5)cc4nc2N3c2cccc3ccccc23)cc1. The van der Waals surface area contributed by atoms with Crippen LogP contribution in [-0.2, 0) is 12.4 Å². The van der Waals surface area contributed by atoms with E-state index in [1.165, 1.54) is 24.3 Å². The van der Waals surface area contributed by atoms with E-state index >= 15 is 0 Å². The van der Waals surface area contributed by atoms with E-state index < -0.39 is 23.5 Å². The molecule has 3 heterocycles. The minimum absolute atomic E-state index is 0.369. The van der Waals surface area contributed by atoms with Gasteiger partial charge >= 0.3 is 12.4 Å². The van der Waals surface area contributed by atoms with E-state index in [-0.39, 0.29) is 0 Å². The molecule has 2 aromatic heterocycles. The van der Waals surface area contributed by atoms with Gasteiger partial charge in [0.15, 0.2) is 23.3 Å². The molecule has 1 aliphatic heterocycles. The fraction of sp³-hybridized carbons (Fsp3) is 0.0667. The average molecular weight is 957 g/mol. The Balaban J connectivity index is 1.21. The Bertz CT molecular complexity index is 3640. The average Bonchev–Trinajstić information content (AvgIpc) is 3.39. The number of aryl methyl sites for hydroxylation is 2. The molecule has 0 N–H and O–H groups in total. The van der Waals surface area contributed by atoms with Gasteiger partial charge in [0.25, 0.3) is 0 Å². The normalized spacial score (nSPS) is 12.7. The van der Waals surface area contributed by atoms with E-state index in [4.69, 9.17) is 19.9 Å². The van der Waals surface area contributed by atoms with Crippen molar-refractivity contribution in [3.8, 4) is 44.8 Å². The zero-order chi connectivity index (χ0) is 49.5. The third-order valence-electron chi connectivity index (χ3n) is 13.2. The van der Waals surface area contributed by atoms with Crippen LogP contribution in [-0.4, -0.2) is 19.9 Å². The maximum absolute atomic E-state index is 13.9. The Morgan fingerprint density at radius 2 is 0.681 bits per heavy atom. The summed E-state index contributed by atoms with van der Waals surface area (Å²) >= 11 is 0. The Kier molecular flexibility index (Phi) is 10.4. The number of anilines is 6. The maximum Gasteiger partial charge on any atom is 0.416 e. The molecule has 1 aliphatic rings. The molecule has 11 aromatic rings. The second-order valence-electron chi connectivity index (χ2n) is 17.9. The van der Waals surface area contributed by atoms with Crippen molar-refractivity contribution in [1.29, 1.82) is 0 Å². The largest absolute Gasteiger partial charge is 0.416 e. The number of alkyl halides is 6. The third-order valence-corrected chi connectivity index (χ3v) is 13.2. The number of benzene rings is 9. The van der Waals surface area contributed by atoms with E-state index in [9.17, 15) is 26.3 Å². The summed E-state index contributed by atoms with van der Waals surface area (Å²) < 4.78 is 83.5. The van der Waals surface area contributed by atoms with Gasteiger partial charge in [-0.15, -0.1) is 0 Å². The van der Waals surface area contributed by atoms with Gasteiger partial charge in [-0.2, -0.15) is 26.3 Å². The molecule has 0 amide bonds. The molecule has 0 saturated heterocycles. The van der Waals surface area contributed by atoms with E-state index in [2.05, 4.69) is 0 Å². The van der Waals surface area contributed by atoms with Gasteiger partial charge in [-0.25, -0.2) is 19.9 Å². The molecule has 72 heavy (non-hydrogen) atoms. The Labute approximate surface area is 409 Å². The summed E-state index contributed by atoms with van der Waals surface area (Å²) in [6, 6.07) is 57.2. The van der Waals surface area contributed by atoms with Gasteiger partial charge in [0.05, 0.1) is 44.9 Å². The second-order valence-corrected chi connectivity index (χ2v) is 17.9. The van der Waals surface area contributed by atoms with Gasteiger partial charge in [0.2, 0.25) is 0 Å². The maximum atomic E-state index is 13.9. The van der Waals surface area contributed by atoms with Crippen molar-refractivity contribution in [2.75, 3.05) is 9.80 Å². The molecule has 0 bridgehead atoms. The molecule has 350 valence electrons. The summed E-state index contributed by atoms with van der Waals surface area (Å²) in [6.07, 6.45) is -9.19. The number of halogens is 6. The molecule has 6 nitrogen and oxygen atoms in total. The van der Waals surface area contributed by atoms with Crippen molar-refractivity contribution in [3.05, 3.63) is 216 Å². The zero-order valence-corrected chi connectivity index (χ0v) is 38.4. The highest BCUT2D eigenvalue weighted by molar-refractivity contribution is 6.09.